The molecule has 2 N–H and O–H groups in total. The molecule has 0 fully saturated rings. The first-order valence-electron chi connectivity index (χ1n) is 5.27. The summed E-state index contributed by atoms with van der Waals surface area (Å²) in [5, 5.41) is 0. The Morgan fingerprint density at radius 2 is 2.29 bits per heavy atom. The summed E-state index contributed by atoms with van der Waals surface area (Å²) in [6.07, 6.45) is 3.08. The number of nitrogens with two attached hydrogens (primary N) is 1. The van der Waals surface area contributed by atoms with Crippen LogP contribution < -0.4 is 5.73 Å². The Balaban J connectivity index is 2.22. The molecular weight excluding hydrogens is 174 g/mol. The van der Waals surface area contributed by atoms with Gasteiger partial charge < -0.3 is 10.5 Å². The second kappa shape index (κ2) is 4.11. The van der Waals surface area contributed by atoms with Gasteiger partial charge in [-0.25, -0.2) is 0 Å². The van der Waals surface area contributed by atoms with E-state index in [9.17, 15) is 0 Å². The largest absolute Gasteiger partial charge is 0.359 e. The van der Waals surface area contributed by atoms with Crippen molar-refractivity contribution in [3.63, 3.8) is 0 Å². The highest BCUT2D eigenvalue weighted by molar-refractivity contribution is 5.33. The SMILES string of the molecule is CCCc1ccc2c(c1)COC(N)C2. The average molecular weight is 191 g/mol. The summed E-state index contributed by atoms with van der Waals surface area (Å²) in [6.45, 7) is 2.87. The lowest BCUT2D eigenvalue weighted by Gasteiger charge is -2.22. The molecule has 0 aliphatic carbocycles. The molecule has 1 aliphatic rings. The van der Waals surface area contributed by atoms with Crippen LogP contribution in [-0.2, 0) is 24.2 Å². The van der Waals surface area contributed by atoms with Crippen molar-refractivity contribution in [2.45, 2.75) is 39.0 Å². The van der Waals surface area contributed by atoms with Crippen LogP contribution in [0.3, 0.4) is 0 Å². The standard InChI is InChI=1S/C12H17NO/c1-2-3-9-4-5-10-7-12(13)14-8-11(10)6-9/h4-6,12H,2-3,7-8,13H2,1H3. The maximum absolute atomic E-state index is 5.72. The van der Waals surface area contributed by atoms with E-state index in [0.29, 0.717) is 6.61 Å². The summed E-state index contributed by atoms with van der Waals surface area (Å²) in [7, 11) is 0. The molecule has 0 saturated carbocycles. The number of fused-ring (bicyclic) bond motifs is 1. The second-order valence-corrected chi connectivity index (χ2v) is 3.91. The van der Waals surface area contributed by atoms with Gasteiger partial charge in [-0.1, -0.05) is 31.5 Å². The van der Waals surface area contributed by atoms with Crippen LogP contribution in [0.4, 0.5) is 0 Å². The minimum atomic E-state index is -0.112. The first-order valence-corrected chi connectivity index (χ1v) is 5.27. The van der Waals surface area contributed by atoms with Gasteiger partial charge in [-0.15, -0.1) is 0 Å². The maximum atomic E-state index is 5.72. The van der Waals surface area contributed by atoms with Gasteiger partial charge in [-0.05, 0) is 23.1 Å². The summed E-state index contributed by atoms with van der Waals surface area (Å²) < 4.78 is 5.42. The number of ether oxygens (including phenoxy) is 1. The zero-order valence-corrected chi connectivity index (χ0v) is 8.62. The highest BCUT2D eigenvalue weighted by Gasteiger charge is 2.15. The van der Waals surface area contributed by atoms with E-state index in [1.807, 2.05) is 0 Å². The fourth-order valence-electron chi connectivity index (χ4n) is 1.93. The van der Waals surface area contributed by atoms with Crippen LogP contribution in [0.5, 0.6) is 0 Å². The van der Waals surface area contributed by atoms with E-state index in [1.165, 1.54) is 23.1 Å². The van der Waals surface area contributed by atoms with E-state index in [2.05, 4.69) is 25.1 Å². The van der Waals surface area contributed by atoms with Crippen molar-refractivity contribution in [3.05, 3.63) is 34.9 Å². The smallest absolute Gasteiger partial charge is 0.110 e. The van der Waals surface area contributed by atoms with Gasteiger partial charge in [0.1, 0.15) is 6.23 Å². The number of hydrogen-bond donors (Lipinski definition) is 1. The van der Waals surface area contributed by atoms with Crippen LogP contribution in [0.25, 0.3) is 0 Å². The van der Waals surface area contributed by atoms with Crippen molar-refractivity contribution in [1.82, 2.24) is 0 Å². The van der Waals surface area contributed by atoms with Crippen molar-refractivity contribution in [1.29, 1.82) is 0 Å². The predicted molar refractivity (Wildman–Crippen MR) is 56.9 cm³/mol. The summed E-state index contributed by atoms with van der Waals surface area (Å²) in [4.78, 5) is 0. The molecule has 2 rings (SSSR count). The first kappa shape index (κ1) is 9.69. The molecule has 2 heteroatoms. The minimum Gasteiger partial charge on any atom is -0.359 e. The topological polar surface area (TPSA) is 35.2 Å². The van der Waals surface area contributed by atoms with Crippen LogP contribution >= 0.6 is 0 Å². The van der Waals surface area contributed by atoms with Gasteiger partial charge >= 0.3 is 0 Å². The van der Waals surface area contributed by atoms with E-state index in [-0.39, 0.29) is 6.23 Å². The summed E-state index contributed by atoms with van der Waals surface area (Å²) >= 11 is 0. The van der Waals surface area contributed by atoms with Gasteiger partial charge in [0, 0.05) is 6.42 Å². The Kier molecular flexibility index (Phi) is 2.85. The highest BCUT2D eigenvalue weighted by atomic mass is 16.5. The molecule has 2 nitrogen and oxygen atoms in total. The molecule has 1 aromatic rings. The molecule has 0 bridgehead atoms. The molecule has 0 aromatic heterocycles. The van der Waals surface area contributed by atoms with E-state index < -0.39 is 0 Å². The van der Waals surface area contributed by atoms with Crippen LogP contribution in [0.2, 0.25) is 0 Å². The van der Waals surface area contributed by atoms with E-state index >= 15 is 0 Å². The molecule has 76 valence electrons. The lowest BCUT2D eigenvalue weighted by molar-refractivity contribution is 0.0329. The van der Waals surface area contributed by atoms with Gasteiger partial charge in [-0.2, -0.15) is 0 Å². The molecule has 14 heavy (non-hydrogen) atoms. The van der Waals surface area contributed by atoms with Crippen LogP contribution in [0, 0.1) is 0 Å². The van der Waals surface area contributed by atoms with Crippen LogP contribution in [0.15, 0.2) is 18.2 Å². The van der Waals surface area contributed by atoms with E-state index in [1.54, 1.807) is 0 Å². The lowest BCUT2D eigenvalue weighted by atomic mass is 9.98. The fourth-order valence-corrected chi connectivity index (χ4v) is 1.93. The van der Waals surface area contributed by atoms with Crippen molar-refractivity contribution in [2.24, 2.45) is 5.73 Å². The lowest BCUT2D eigenvalue weighted by Crippen LogP contribution is -2.30. The van der Waals surface area contributed by atoms with Gasteiger partial charge in [-0.3, -0.25) is 0 Å². The van der Waals surface area contributed by atoms with Crippen molar-refractivity contribution in [2.75, 3.05) is 0 Å². The number of benzene rings is 1. The molecule has 1 aliphatic heterocycles. The molecule has 0 spiro atoms. The van der Waals surface area contributed by atoms with Crippen LogP contribution in [0.1, 0.15) is 30.0 Å². The third-order valence-corrected chi connectivity index (χ3v) is 2.68. The van der Waals surface area contributed by atoms with E-state index in [4.69, 9.17) is 10.5 Å². The average Bonchev–Trinajstić information content (AvgIpc) is 2.19. The minimum absolute atomic E-state index is 0.112. The Morgan fingerprint density at radius 3 is 3.07 bits per heavy atom. The van der Waals surface area contributed by atoms with Gasteiger partial charge in [0.15, 0.2) is 0 Å². The Morgan fingerprint density at radius 1 is 1.43 bits per heavy atom. The van der Waals surface area contributed by atoms with E-state index in [0.717, 1.165) is 12.8 Å². The molecule has 0 radical (unpaired) electrons. The van der Waals surface area contributed by atoms with Gasteiger partial charge in [0.2, 0.25) is 0 Å². The molecule has 1 aromatic carbocycles. The second-order valence-electron chi connectivity index (χ2n) is 3.91. The monoisotopic (exact) mass is 191 g/mol. The number of hydrogen-bond acceptors (Lipinski definition) is 2. The fraction of sp³-hybridized carbons (Fsp3) is 0.500. The first-order chi connectivity index (χ1) is 6.79. The molecule has 1 atom stereocenters. The Labute approximate surface area is 85.1 Å². The molecule has 1 heterocycles. The Bertz CT molecular complexity index is 322. The number of aryl methyl sites for hydroxylation is 1. The summed E-state index contributed by atoms with van der Waals surface area (Å²) in [5.41, 5.74) is 9.80. The number of rotatable bonds is 2. The van der Waals surface area contributed by atoms with Crippen LogP contribution in [-0.4, -0.2) is 6.23 Å². The molecule has 0 amide bonds. The molecular formula is C12H17NO. The Hall–Kier alpha value is -0.860. The third-order valence-electron chi connectivity index (χ3n) is 2.68. The summed E-state index contributed by atoms with van der Waals surface area (Å²) in [6, 6.07) is 6.66. The zero-order valence-electron chi connectivity index (χ0n) is 8.62. The molecule has 0 saturated heterocycles. The summed E-state index contributed by atoms with van der Waals surface area (Å²) in [5.74, 6) is 0. The van der Waals surface area contributed by atoms with Gasteiger partial charge in [0.25, 0.3) is 0 Å². The molecule has 1 unspecified atom stereocenters. The zero-order chi connectivity index (χ0) is 9.97. The third kappa shape index (κ3) is 1.97. The van der Waals surface area contributed by atoms with Crippen molar-refractivity contribution >= 4 is 0 Å². The highest BCUT2D eigenvalue weighted by Crippen LogP contribution is 2.20. The van der Waals surface area contributed by atoms with Crippen molar-refractivity contribution < 1.29 is 4.74 Å². The maximum Gasteiger partial charge on any atom is 0.110 e. The normalized spacial score (nSPS) is 20.6. The van der Waals surface area contributed by atoms with Gasteiger partial charge in [0.05, 0.1) is 6.61 Å². The quantitative estimate of drug-likeness (QED) is 0.776. The van der Waals surface area contributed by atoms with Crippen molar-refractivity contribution in [3.8, 4) is 0 Å². The predicted octanol–water partition coefficient (Wildman–Crippen LogP) is 2.00.